The number of nitrogens with one attached hydrogen (secondary N) is 2. The van der Waals surface area contributed by atoms with Crippen LogP contribution in [-0.4, -0.2) is 18.0 Å². The molecule has 0 bridgehead atoms. The van der Waals surface area contributed by atoms with E-state index in [1.54, 1.807) is 0 Å². The predicted molar refractivity (Wildman–Crippen MR) is 134 cm³/mol. The van der Waals surface area contributed by atoms with Crippen LogP contribution in [0.1, 0.15) is 12.5 Å². The van der Waals surface area contributed by atoms with Crippen LogP contribution < -0.4 is 10.6 Å². The smallest absolute Gasteiger partial charge is 0.0638 e. The topological polar surface area (TPSA) is 48.8 Å². The summed E-state index contributed by atoms with van der Waals surface area (Å²) in [4.78, 5) is 9.35. The van der Waals surface area contributed by atoms with E-state index in [2.05, 4.69) is 65.9 Å². The highest BCUT2D eigenvalue weighted by atomic mass is 14.9. The molecule has 0 aromatic heterocycles. The lowest BCUT2D eigenvalue weighted by Gasteiger charge is -2.09. The van der Waals surface area contributed by atoms with Crippen molar-refractivity contribution in [2.75, 3.05) is 17.2 Å². The second-order valence-electron chi connectivity index (χ2n) is 7.36. The Morgan fingerprint density at radius 1 is 0.581 bits per heavy atom. The van der Waals surface area contributed by atoms with Crippen molar-refractivity contribution in [3.05, 3.63) is 103 Å². The molecule has 2 N–H and O–H groups in total. The fraction of sp³-hybridized carbons (Fsp3) is 0.111. The fourth-order valence-electron chi connectivity index (χ4n) is 3.18. The van der Waals surface area contributed by atoms with Crippen molar-refractivity contribution < 1.29 is 0 Å². The first-order valence-corrected chi connectivity index (χ1v) is 10.5. The van der Waals surface area contributed by atoms with Gasteiger partial charge in [-0.05, 0) is 98.8 Å². The molecule has 3 aromatic carbocycles. The summed E-state index contributed by atoms with van der Waals surface area (Å²) in [6.45, 7) is 5.08. The summed E-state index contributed by atoms with van der Waals surface area (Å²) in [7, 11) is 0. The summed E-state index contributed by atoms with van der Waals surface area (Å²) in [5, 5.41) is 6.72. The SMILES string of the molecule is CCNc1ccc(Nc2ccc(N=C3C=CC(=Nc4ccc(C)cc4)C=C3)cc2)cc1. The Morgan fingerprint density at radius 2 is 1.00 bits per heavy atom. The Labute approximate surface area is 183 Å². The molecule has 0 amide bonds. The molecular formula is C27H26N4. The monoisotopic (exact) mass is 406 g/mol. The molecule has 0 radical (unpaired) electrons. The average molecular weight is 407 g/mol. The molecule has 0 fully saturated rings. The number of hydrogen-bond acceptors (Lipinski definition) is 4. The van der Waals surface area contributed by atoms with Crippen LogP contribution in [0, 0.1) is 6.92 Å². The summed E-state index contributed by atoms with van der Waals surface area (Å²) >= 11 is 0. The van der Waals surface area contributed by atoms with Gasteiger partial charge in [0.2, 0.25) is 0 Å². The molecule has 0 saturated heterocycles. The standard InChI is InChI=1S/C27H26N4/c1-3-28-21-8-10-23(11-9-21)30-25-16-18-27(19-17-25)31-26-14-12-24(13-15-26)29-22-6-4-20(2)5-7-22/h4-19,28,30H,3H2,1-2H3. The number of aryl methyl sites for hydroxylation is 1. The van der Waals surface area contributed by atoms with Crippen LogP contribution in [0.2, 0.25) is 0 Å². The van der Waals surface area contributed by atoms with Gasteiger partial charge in [-0.2, -0.15) is 0 Å². The third-order valence-corrected chi connectivity index (χ3v) is 4.82. The summed E-state index contributed by atoms with van der Waals surface area (Å²) in [5.74, 6) is 0. The van der Waals surface area contributed by atoms with Crippen LogP contribution in [0.15, 0.2) is 107 Å². The molecule has 0 heterocycles. The molecule has 0 spiro atoms. The maximum absolute atomic E-state index is 4.70. The predicted octanol–water partition coefficient (Wildman–Crippen LogP) is 7.14. The highest BCUT2D eigenvalue weighted by Crippen LogP contribution is 2.22. The van der Waals surface area contributed by atoms with Gasteiger partial charge in [0, 0.05) is 23.6 Å². The number of rotatable bonds is 6. The van der Waals surface area contributed by atoms with Crippen LogP contribution in [0.4, 0.5) is 28.4 Å². The zero-order valence-electron chi connectivity index (χ0n) is 17.8. The quantitative estimate of drug-likeness (QED) is 0.427. The number of nitrogens with zero attached hydrogens (tertiary/aromatic N) is 2. The molecular weight excluding hydrogens is 380 g/mol. The van der Waals surface area contributed by atoms with Crippen molar-refractivity contribution in [2.45, 2.75) is 13.8 Å². The van der Waals surface area contributed by atoms with Crippen molar-refractivity contribution in [1.29, 1.82) is 0 Å². The minimum absolute atomic E-state index is 0.905. The van der Waals surface area contributed by atoms with Crippen LogP contribution in [0.3, 0.4) is 0 Å². The van der Waals surface area contributed by atoms with Gasteiger partial charge in [0.15, 0.2) is 0 Å². The van der Waals surface area contributed by atoms with Crippen LogP contribution in [-0.2, 0) is 0 Å². The van der Waals surface area contributed by atoms with Gasteiger partial charge in [0.25, 0.3) is 0 Å². The summed E-state index contributed by atoms with van der Waals surface area (Å²) < 4.78 is 0. The van der Waals surface area contributed by atoms with Crippen molar-refractivity contribution in [1.82, 2.24) is 0 Å². The van der Waals surface area contributed by atoms with Gasteiger partial charge in [-0.3, -0.25) is 0 Å². The molecule has 4 rings (SSSR count). The molecule has 3 aromatic rings. The first-order valence-electron chi connectivity index (χ1n) is 10.5. The Bertz CT molecular complexity index is 1120. The van der Waals surface area contributed by atoms with Gasteiger partial charge in [0.1, 0.15) is 0 Å². The molecule has 0 aliphatic heterocycles. The third-order valence-electron chi connectivity index (χ3n) is 4.82. The van der Waals surface area contributed by atoms with E-state index in [4.69, 9.17) is 4.99 Å². The van der Waals surface area contributed by atoms with Crippen LogP contribution >= 0.6 is 0 Å². The minimum atomic E-state index is 0.905. The van der Waals surface area contributed by atoms with Crippen LogP contribution in [0.5, 0.6) is 0 Å². The number of anilines is 3. The van der Waals surface area contributed by atoms with Gasteiger partial charge in [0.05, 0.1) is 22.8 Å². The summed E-state index contributed by atoms with van der Waals surface area (Å²) in [6, 6.07) is 24.6. The van der Waals surface area contributed by atoms with E-state index in [-0.39, 0.29) is 0 Å². The lowest BCUT2D eigenvalue weighted by Crippen LogP contribution is -1.99. The summed E-state index contributed by atoms with van der Waals surface area (Å²) in [5.41, 5.74) is 8.13. The number of hydrogen-bond donors (Lipinski definition) is 2. The summed E-state index contributed by atoms with van der Waals surface area (Å²) in [6.07, 6.45) is 7.97. The first kappa shape index (κ1) is 20.4. The van der Waals surface area contributed by atoms with Gasteiger partial charge < -0.3 is 10.6 Å². The second-order valence-corrected chi connectivity index (χ2v) is 7.36. The molecule has 31 heavy (non-hydrogen) atoms. The van der Waals surface area contributed by atoms with Crippen molar-refractivity contribution in [3.8, 4) is 0 Å². The zero-order chi connectivity index (χ0) is 21.5. The lowest BCUT2D eigenvalue weighted by molar-refractivity contribution is 1.21. The van der Waals surface area contributed by atoms with E-state index >= 15 is 0 Å². The van der Waals surface area contributed by atoms with Gasteiger partial charge in [-0.1, -0.05) is 17.7 Å². The average Bonchev–Trinajstić information content (AvgIpc) is 2.79. The highest BCUT2D eigenvalue weighted by molar-refractivity contribution is 6.19. The number of benzene rings is 3. The van der Waals surface area contributed by atoms with Crippen molar-refractivity contribution in [2.24, 2.45) is 9.98 Å². The molecule has 154 valence electrons. The minimum Gasteiger partial charge on any atom is -0.385 e. The number of allylic oxidation sites excluding steroid dienone is 4. The molecule has 0 saturated carbocycles. The highest BCUT2D eigenvalue weighted by Gasteiger charge is 2.01. The van der Waals surface area contributed by atoms with E-state index < -0.39 is 0 Å². The van der Waals surface area contributed by atoms with E-state index in [1.807, 2.05) is 60.7 Å². The van der Waals surface area contributed by atoms with E-state index in [1.165, 1.54) is 5.56 Å². The van der Waals surface area contributed by atoms with Crippen LogP contribution in [0.25, 0.3) is 0 Å². The molecule has 0 atom stereocenters. The number of aliphatic imine (C=N–C) groups is 2. The molecule has 0 unspecified atom stereocenters. The first-order chi connectivity index (χ1) is 15.2. The van der Waals surface area contributed by atoms with E-state index in [0.717, 1.165) is 46.4 Å². The lowest BCUT2D eigenvalue weighted by atomic mass is 10.1. The Hall–Kier alpha value is -3.92. The normalized spacial score (nSPS) is 12.6. The van der Waals surface area contributed by atoms with E-state index in [9.17, 15) is 0 Å². The zero-order valence-corrected chi connectivity index (χ0v) is 17.8. The van der Waals surface area contributed by atoms with Crippen molar-refractivity contribution in [3.63, 3.8) is 0 Å². The maximum Gasteiger partial charge on any atom is 0.0638 e. The second kappa shape index (κ2) is 9.72. The molecule has 1 aliphatic rings. The fourth-order valence-corrected chi connectivity index (χ4v) is 3.18. The van der Waals surface area contributed by atoms with E-state index in [0.29, 0.717) is 0 Å². The molecule has 1 aliphatic carbocycles. The largest absolute Gasteiger partial charge is 0.385 e. The Morgan fingerprint density at radius 3 is 1.48 bits per heavy atom. The Kier molecular flexibility index (Phi) is 6.38. The molecule has 4 heteroatoms. The van der Waals surface area contributed by atoms with Gasteiger partial charge in [-0.25, -0.2) is 9.98 Å². The third kappa shape index (κ3) is 5.80. The van der Waals surface area contributed by atoms with Gasteiger partial charge >= 0.3 is 0 Å². The molecule has 4 nitrogen and oxygen atoms in total. The van der Waals surface area contributed by atoms with Crippen molar-refractivity contribution >= 4 is 39.9 Å². The maximum atomic E-state index is 4.70. The van der Waals surface area contributed by atoms with Gasteiger partial charge in [-0.15, -0.1) is 0 Å². The Balaban J connectivity index is 1.38.